The van der Waals surface area contributed by atoms with E-state index >= 15 is 0 Å². The van der Waals surface area contributed by atoms with Crippen LogP contribution in [0.3, 0.4) is 0 Å². The van der Waals surface area contributed by atoms with E-state index in [1.54, 1.807) is 12.1 Å². The third-order valence-electron chi connectivity index (χ3n) is 3.78. The van der Waals surface area contributed by atoms with E-state index < -0.39 is 7.12 Å². The Kier molecular flexibility index (Phi) is 4.13. The molecule has 20 heavy (non-hydrogen) atoms. The molecule has 0 unspecified atom stereocenters. The highest BCUT2D eigenvalue weighted by Crippen LogP contribution is 2.38. The molecular weight excluding hydrogens is 273 g/mol. The molecule has 0 spiro atoms. The second-order valence-corrected chi connectivity index (χ2v) is 6.16. The summed E-state index contributed by atoms with van der Waals surface area (Å²) >= 11 is 4.35. The first-order valence-electron chi connectivity index (χ1n) is 6.51. The van der Waals surface area contributed by atoms with Crippen LogP contribution >= 0.6 is 12.6 Å². The number of aromatic nitrogens is 2. The summed E-state index contributed by atoms with van der Waals surface area (Å²) in [6.07, 6.45) is 1.88. The maximum atomic E-state index is 6.00. The Morgan fingerprint density at radius 1 is 1.25 bits per heavy atom. The zero-order valence-corrected chi connectivity index (χ0v) is 13.1. The molecule has 108 valence electrons. The van der Waals surface area contributed by atoms with Crippen LogP contribution in [0.2, 0.25) is 0 Å². The van der Waals surface area contributed by atoms with Crippen LogP contribution in [0.5, 0.6) is 0 Å². The van der Waals surface area contributed by atoms with Gasteiger partial charge in [0.15, 0.2) is 0 Å². The smallest absolute Gasteiger partial charge is 0.400 e. The van der Waals surface area contributed by atoms with Crippen molar-refractivity contribution in [3.8, 4) is 0 Å². The Morgan fingerprint density at radius 2 is 1.85 bits per heavy atom. The van der Waals surface area contributed by atoms with Gasteiger partial charge in [0, 0.05) is 5.75 Å². The van der Waals surface area contributed by atoms with Crippen LogP contribution in [-0.2, 0) is 9.31 Å². The normalized spacial score (nSPS) is 21.2. The van der Waals surface area contributed by atoms with Crippen LogP contribution in [0.4, 0.5) is 5.82 Å². The summed E-state index contributed by atoms with van der Waals surface area (Å²) in [6, 6.07) is 3.51. The van der Waals surface area contributed by atoms with Gasteiger partial charge in [-0.2, -0.15) is 12.6 Å². The molecule has 2 N–H and O–H groups in total. The number of rotatable bonds is 3. The standard InChI is InChI=1S/C13H20BN3O2S/c1-12(2)13(3,4)19-14(18-12)9(8-20)7-10-5-6-11(15)17-16-10/h5-7,20H,8H2,1-4H3,(H2,15,17). The molecule has 0 radical (unpaired) electrons. The van der Waals surface area contributed by atoms with Crippen molar-refractivity contribution in [2.75, 3.05) is 11.5 Å². The van der Waals surface area contributed by atoms with E-state index in [2.05, 4.69) is 22.8 Å². The van der Waals surface area contributed by atoms with E-state index in [1.165, 1.54) is 0 Å². The maximum Gasteiger partial charge on any atom is 0.491 e. The minimum absolute atomic E-state index is 0.369. The molecule has 0 aromatic carbocycles. The van der Waals surface area contributed by atoms with E-state index in [9.17, 15) is 0 Å². The average Bonchev–Trinajstić information content (AvgIpc) is 2.57. The first-order valence-corrected chi connectivity index (χ1v) is 7.14. The van der Waals surface area contributed by atoms with Crippen molar-refractivity contribution >= 4 is 31.6 Å². The number of hydrogen-bond acceptors (Lipinski definition) is 6. The average molecular weight is 293 g/mol. The highest BCUT2D eigenvalue weighted by Gasteiger charge is 2.52. The molecule has 7 heteroatoms. The van der Waals surface area contributed by atoms with Crippen molar-refractivity contribution in [1.29, 1.82) is 0 Å². The lowest BCUT2D eigenvalue weighted by molar-refractivity contribution is 0.00578. The number of nitrogens with two attached hydrogens (primary N) is 1. The molecule has 1 fully saturated rings. The summed E-state index contributed by atoms with van der Waals surface area (Å²) in [5.41, 5.74) is 6.40. The van der Waals surface area contributed by atoms with Gasteiger partial charge in [-0.3, -0.25) is 0 Å². The Labute approximate surface area is 125 Å². The predicted octanol–water partition coefficient (Wildman–Crippen LogP) is 2.00. The van der Waals surface area contributed by atoms with Gasteiger partial charge in [-0.15, -0.1) is 10.2 Å². The zero-order chi connectivity index (χ0) is 15.0. The summed E-state index contributed by atoms with van der Waals surface area (Å²) in [5, 5.41) is 7.84. The Balaban J connectivity index is 2.24. The molecule has 0 bridgehead atoms. The second-order valence-electron chi connectivity index (χ2n) is 5.85. The summed E-state index contributed by atoms with van der Waals surface area (Å²) in [5.74, 6) is 0.910. The topological polar surface area (TPSA) is 70.3 Å². The maximum absolute atomic E-state index is 6.00. The van der Waals surface area contributed by atoms with Crippen LogP contribution in [0.1, 0.15) is 33.4 Å². The summed E-state index contributed by atoms with van der Waals surface area (Å²) in [6.45, 7) is 8.08. The van der Waals surface area contributed by atoms with Crippen LogP contribution in [0, 0.1) is 0 Å². The van der Waals surface area contributed by atoms with Crippen molar-refractivity contribution in [3.63, 3.8) is 0 Å². The van der Waals surface area contributed by atoms with Crippen molar-refractivity contribution in [1.82, 2.24) is 10.2 Å². The van der Waals surface area contributed by atoms with Gasteiger partial charge in [0.25, 0.3) is 0 Å². The molecule has 0 amide bonds. The van der Waals surface area contributed by atoms with Gasteiger partial charge in [-0.05, 0) is 51.4 Å². The molecule has 2 heterocycles. The zero-order valence-electron chi connectivity index (χ0n) is 12.3. The number of anilines is 1. The fraction of sp³-hybridized carbons (Fsp3) is 0.538. The predicted molar refractivity (Wildman–Crippen MR) is 84.4 cm³/mol. The molecule has 0 saturated carbocycles. The van der Waals surface area contributed by atoms with Crippen LogP contribution in [0.15, 0.2) is 17.6 Å². The minimum atomic E-state index is -0.420. The summed E-state index contributed by atoms with van der Waals surface area (Å²) in [7, 11) is -0.420. The fourth-order valence-electron chi connectivity index (χ4n) is 1.80. The number of nitrogen functional groups attached to an aromatic ring is 1. The molecule has 1 aromatic rings. The van der Waals surface area contributed by atoms with E-state index in [0.29, 0.717) is 17.3 Å². The highest BCUT2D eigenvalue weighted by atomic mass is 32.1. The number of hydrogen-bond donors (Lipinski definition) is 2. The van der Waals surface area contributed by atoms with Gasteiger partial charge in [0.05, 0.1) is 16.9 Å². The van der Waals surface area contributed by atoms with Crippen LogP contribution < -0.4 is 5.73 Å². The largest absolute Gasteiger partial charge is 0.491 e. The minimum Gasteiger partial charge on any atom is -0.400 e. The quantitative estimate of drug-likeness (QED) is 0.659. The Bertz CT molecular complexity index is 501. The van der Waals surface area contributed by atoms with Crippen LogP contribution in [0.25, 0.3) is 6.08 Å². The first-order chi connectivity index (χ1) is 9.25. The van der Waals surface area contributed by atoms with Gasteiger partial charge in [0.1, 0.15) is 5.82 Å². The molecule has 0 atom stereocenters. The Morgan fingerprint density at radius 3 is 2.30 bits per heavy atom. The van der Waals surface area contributed by atoms with Crippen molar-refractivity contribution in [3.05, 3.63) is 23.3 Å². The van der Waals surface area contributed by atoms with E-state index in [-0.39, 0.29) is 11.2 Å². The SMILES string of the molecule is CC1(C)OB(C(=Cc2ccc(N)nn2)CS)OC1(C)C. The molecule has 1 saturated heterocycles. The van der Waals surface area contributed by atoms with E-state index in [4.69, 9.17) is 15.0 Å². The molecule has 1 aliphatic rings. The van der Waals surface area contributed by atoms with Crippen LogP contribution in [-0.4, -0.2) is 34.3 Å². The third kappa shape index (κ3) is 3.00. The van der Waals surface area contributed by atoms with Crippen molar-refractivity contribution in [2.45, 2.75) is 38.9 Å². The lowest BCUT2D eigenvalue weighted by atomic mass is 9.78. The lowest BCUT2D eigenvalue weighted by Crippen LogP contribution is -2.41. The molecule has 5 nitrogen and oxygen atoms in total. The van der Waals surface area contributed by atoms with Gasteiger partial charge in [0.2, 0.25) is 0 Å². The lowest BCUT2D eigenvalue weighted by Gasteiger charge is -2.32. The number of thiol groups is 1. The van der Waals surface area contributed by atoms with E-state index in [1.807, 2.05) is 33.8 Å². The van der Waals surface area contributed by atoms with Crippen molar-refractivity contribution in [2.24, 2.45) is 0 Å². The first kappa shape index (κ1) is 15.3. The molecule has 1 aliphatic heterocycles. The molecule has 1 aromatic heterocycles. The Hall–Kier alpha value is -1.05. The van der Waals surface area contributed by atoms with Crippen molar-refractivity contribution < 1.29 is 9.31 Å². The molecular formula is C13H20BN3O2S. The summed E-state index contributed by atoms with van der Waals surface area (Å²) in [4.78, 5) is 0. The van der Waals surface area contributed by atoms with Gasteiger partial charge >= 0.3 is 7.12 Å². The second kappa shape index (κ2) is 5.39. The molecule has 2 rings (SSSR count). The monoisotopic (exact) mass is 293 g/mol. The highest BCUT2D eigenvalue weighted by molar-refractivity contribution is 7.80. The van der Waals surface area contributed by atoms with Gasteiger partial charge in [-0.1, -0.05) is 0 Å². The number of nitrogens with zero attached hydrogens (tertiary/aromatic N) is 2. The third-order valence-corrected chi connectivity index (χ3v) is 4.14. The summed E-state index contributed by atoms with van der Waals surface area (Å²) < 4.78 is 12.0. The fourth-order valence-corrected chi connectivity index (χ4v) is 2.04. The van der Waals surface area contributed by atoms with Gasteiger partial charge in [-0.25, -0.2) is 0 Å². The van der Waals surface area contributed by atoms with Gasteiger partial charge < -0.3 is 15.0 Å². The van der Waals surface area contributed by atoms with E-state index in [0.717, 1.165) is 5.47 Å². The molecule has 0 aliphatic carbocycles.